The van der Waals surface area contributed by atoms with Gasteiger partial charge in [0.1, 0.15) is 0 Å². The van der Waals surface area contributed by atoms with Gasteiger partial charge >= 0.3 is 124 Å². The first-order chi connectivity index (χ1) is 9.63. The van der Waals surface area contributed by atoms with Crippen LogP contribution in [0.25, 0.3) is 0 Å². The number of hydrogen-bond donors (Lipinski definition) is 2. The maximum absolute atomic E-state index is 5.84. The molecular weight excluding hydrogens is 292 g/mol. The number of benzene rings is 1. The summed E-state index contributed by atoms with van der Waals surface area (Å²) in [5.41, 5.74) is 6.78. The zero-order chi connectivity index (χ0) is 14.9. The maximum atomic E-state index is 5.84. The number of nitrogens with one attached hydrogen (secondary N) is 1. The van der Waals surface area contributed by atoms with Crippen LogP contribution < -0.4 is 11.1 Å². The summed E-state index contributed by atoms with van der Waals surface area (Å²) in [6.45, 7) is 1.30. The molecule has 0 bridgehead atoms. The molecule has 0 aliphatic heterocycles. The molecule has 1 rings (SSSR count). The molecule has 0 saturated carbocycles. The van der Waals surface area contributed by atoms with Gasteiger partial charge in [0.05, 0.1) is 0 Å². The van der Waals surface area contributed by atoms with Crippen molar-refractivity contribution in [1.82, 2.24) is 5.32 Å². The molecule has 0 spiro atoms. The molecular formula is C14H27N2O3Ti. The molecule has 5 nitrogen and oxygen atoms in total. The van der Waals surface area contributed by atoms with Gasteiger partial charge in [-0.3, -0.25) is 0 Å². The number of rotatable bonds is 10. The van der Waals surface area contributed by atoms with Crippen molar-refractivity contribution < 1.29 is 26.4 Å². The first-order valence-electron chi connectivity index (χ1n) is 6.92. The molecule has 0 aliphatic rings. The van der Waals surface area contributed by atoms with Gasteiger partial charge < -0.3 is 0 Å². The van der Waals surface area contributed by atoms with Crippen molar-refractivity contribution in [2.45, 2.75) is 11.1 Å². The second kappa shape index (κ2) is 8.24. The molecule has 0 saturated heterocycles. The molecule has 3 N–H and O–H groups in total. The molecule has 0 unspecified atom stereocenters. The van der Waals surface area contributed by atoms with Crippen LogP contribution in [0.2, 0.25) is 4.73 Å². The van der Waals surface area contributed by atoms with Gasteiger partial charge in [0.2, 0.25) is 0 Å². The van der Waals surface area contributed by atoms with Crippen LogP contribution in [0.15, 0.2) is 30.3 Å². The summed E-state index contributed by atoms with van der Waals surface area (Å²) in [4.78, 5) is 0.602. The van der Waals surface area contributed by atoms with Crippen LogP contribution in [-0.4, -0.2) is 39.3 Å². The predicted octanol–water partition coefficient (Wildman–Crippen LogP) is 1.53. The Hall–Kier alpha value is -0.266. The molecule has 6 heteroatoms. The Kier molecular flexibility index (Phi) is 7.33. The SMILES string of the molecule is C[O][Ti]([CH2]Cc1ccccc1)([CH2]NCCN)([O]C)[O]C. The van der Waals surface area contributed by atoms with Crippen molar-refractivity contribution >= 4 is 0 Å². The van der Waals surface area contributed by atoms with E-state index in [-0.39, 0.29) is 0 Å². The van der Waals surface area contributed by atoms with Gasteiger partial charge in [0, 0.05) is 0 Å². The Morgan fingerprint density at radius 1 is 1.05 bits per heavy atom. The van der Waals surface area contributed by atoms with E-state index in [0.29, 0.717) is 11.4 Å². The van der Waals surface area contributed by atoms with Gasteiger partial charge in [-0.25, -0.2) is 0 Å². The molecule has 115 valence electrons. The quantitative estimate of drug-likeness (QED) is 0.506. The van der Waals surface area contributed by atoms with Gasteiger partial charge in [0.15, 0.2) is 0 Å². The predicted molar refractivity (Wildman–Crippen MR) is 77.9 cm³/mol. The third-order valence-corrected chi connectivity index (χ3v) is 11.5. The molecule has 0 radical (unpaired) electrons. The fourth-order valence-corrected chi connectivity index (χ4v) is 7.25. The van der Waals surface area contributed by atoms with E-state index in [9.17, 15) is 0 Å². The molecule has 0 aromatic heterocycles. The Bertz CT molecular complexity index is 374. The van der Waals surface area contributed by atoms with E-state index in [0.717, 1.165) is 17.7 Å². The standard InChI is InChI=1S/C8H9.C3H9N2.3CH3O.Ti/c1-2-8-6-4-3-5-7-8;1-5-3-2-4;3*1-2;/h3-7H,1-2H2;5H,1-4H2;3*1H3;/q;;3*-1;+3. The summed E-state index contributed by atoms with van der Waals surface area (Å²) in [5.74, 6) is 0. The Balaban J connectivity index is 2.81. The summed E-state index contributed by atoms with van der Waals surface area (Å²) in [6.07, 6.45) is 0.873. The third-order valence-electron chi connectivity index (χ3n) is 3.89. The molecule has 0 fully saturated rings. The van der Waals surface area contributed by atoms with E-state index in [2.05, 4.69) is 17.4 Å². The minimum absolute atomic E-state index is 0.582. The normalized spacial score (nSPS) is 13.9. The fraction of sp³-hybridized carbons (Fsp3) is 0.571. The van der Waals surface area contributed by atoms with Crippen LogP contribution in [0.3, 0.4) is 0 Å². The second-order valence-corrected chi connectivity index (χ2v) is 12.4. The summed E-state index contributed by atoms with van der Waals surface area (Å²) >= 11 is -3.91. The zero-order valence-electron chi connectivity index (χ0n) is 12.7. The molecule has 1 aromatic carbocycles. The third kappa shape index (κ3) is 4.36. The topological polar surface area (TPSA) is 65.7 Å². The average molecular weight is 319 g/mol. The van der Waals surface area contributed by atoms with E-state index in [1.165, 1.54) is 5.56 Å². The van der Waals surface area contributed by atoms with E-state index in [1.807, 2.05) is 18.2 Å². The van der Waals surface area contributed by atoms with E-state index in [1.54, 1.807) is 21.3 Å². The van der Waals surface area contributed by atoms with Gasteiger partial charge in [-0.2, -0.15) is 0 Å². The first-order valence-corrected chi connectivity index (χ1v) is 11.0. The van der Waals surface area contributed by atoms with Crippen molar-refractivity contribution in [3.8, 4) is 0 Å². The molecule has 0 amide bonds. The van der Waals surface area contributed by atoms with E-state index < -0.39 is 16.5 Å². The molecule has 1 aromatic rings. The average Bonchev–Trinajstić information content (AvgIpc) is 2.53. The van der Waals surface area contributed by atoms with Crippen molar-refractivity contribution in [2.24, 2.45) is 5.73 Å². The van der Waals surface area contributed by atoms with Crippen molar-refractivity contribution in [3.05, 3.63) is 35.9 Å². The van der Waals surface area contributed by atoms with E-state index in [4.69, 9.17) is 15.7 Å². The van der Waals surface area contributed by atoms with Gasteiger partial charge in [-0.15, -0.1) is 0 Å². The second-order valence-electron chi connectivity index (χ2n) is 4.93. The Morgan fingerprint density at radius 3 is 2.15 bits per heavy atom. The van der Waals surface area contributed by atoms with Crippen LogP contribution in [-0.2, 0) is 32.8 Å². The Labute approximate surface area is 124 Å². The number of aryl methyl sites for hydroxylation is 1. The molecule has 0 atom stereocenters. The van der Waals surface area contributed by atoms with Crippen LogP contribution in [0.5, 0.6) is 0 Å². The van der Waals surface area contributed by atoms with Gasteiger partial charge in [-0.05, 0) is 0 Å². The summed E-state index contributed by atoms with van der Waals surface area (Å²) in [6, 6.07) is 10.3. The summed E-state index contributed by atoms with van der Waals surface area (Å²) in [7, 11) is 5.04. The van der Waals surface area contributed by atoms with Crippen molar-refractivity contribution in [3.63, 3.8) is 0 Å². The van der Waals surface area contributed by atoms with Crippen LogP contribution >= 0.6 is 0 Å². The van der Waals surface area contributed by atoms with Crippen LogP contribution in [0.4, 0.5) is 0 Å². The van der Waals surface area contributed by atoms with Crippen LogP contribution in [0.1, 0.15) is 5.56 Å². The van der Waals surface area contributed by atoms with Crippen LogP contribution in [0, 0.1) is 0 Å². The monoisotopic (exact) mass is 319 g/mol. The Morgan fingerprint density at radius 2 is 1.65 bits per heavy atom. The fourth-order valence-electron chi connectivity index (χ4n) is 2.32. The summed E-state index contributed by atoms with van der Waals surface area (Å²) in [5, 5.41) is 3.29. The zero-order valence-corrected chi connectivity index (χ0v) is 14.3. The van der Waals surface area contributed by atoms with Crippen molar-refractivity contribution in [2.75, 3.05) is 39.3 Å². The first kappa shape index (κ1) is 17.8. The van der Waals surface area contributed by atoms with Gasteiger partial charge in [-0.1, -0.05) is 0 Å². The number of nitrogens with two attached hydrogens (primary N) is 1. The molecule has 20 heavy (non-hydrogen) atoms. The van der Waals surface area contributed by atoms with Crippen molar-refractivity contribution in [1.29, 1.82) is 0 Å². The minimum atomic E-state index is -3.91. The number of hydrogen-bond acceptors (Lipinski definition) is 5. The molecule has 0 aliphatic carbocycles. The molecule has 0 heterocycles. The van der Waals surface area contributed by atoms with Gasteiger partial charge in [0.25, 0.3) is 0 Å². The van der Waals surface area contributed by atoms with E-state index >= 15 is 0 Å². The summed E-state index contributed by atoms with van der Waals surface area (Å²) < 4.78 is 18.3.